The number of nitriles is 1. The van der Waals surface area contributed by atoms with Gasteiger partial charge in [0, 0.05) is 0 Å². The quantitative estimate of drug-likeness (QED) is 0.767. The molecule has 0 amide bonds. The van der Waals surface area contributed by atoms with Crippen LogP contribution in [-0.2, 0) is 16.1 Å². The van der Waals surface area contributed by atoms with Crippen molar-refractivity contribution >= 4 is 5.97 Å². The highest BCUT2D eigenvalue weighted by Gasteiger charge is 2.16. The Hall–Kier alpha value is -3.00. The van der Waals surface area contributed by atoms with Crippen molar-refractivity contribution in [3.63, 3.8) is 0 Å². The molecule has 1 atom stereocenters. The zero-order valence-electron chi connectivity index (χ0n) is 13.0. The first-order chi connectivity index (χ1) is 11.1. The van der Waals surface area contributed by atoms with Gasteiger partial charge in [-0.1, -0.05) is 18.2 Å². The summed E-state index contributed by atoms with van der Waals surface area (Å²) in [5.41, 5.74) is 1.30. The SMILES string of the molecule is COc1cccc(COC(=O)C(C)Oc2cccc(C#N)c2)c1. The minimum atomic E-state index is -0.769. The highest BCUT2D eigenvalue weighted by molar-refractivity contribution is 5.74. The Labute approximate surface area is 135 Å². The van der Waals surface area contributed by atoms with Crippen LogP contribution in [0.15, 0.2) is 48.5 Å². The lowest BCUT2D eigenvalue weighted by Crippen LogP contribution is -2.26. The van der Waals surface area contributed by atoms with Crippen LogP contribution >= 0.6 is 0 Å². The van der Waals surface area contributed by atoms with Gasteiger partial charge < -0.3 is 14.2 Å². The van der Waals surface area contributed by atoms with Gasteiger partial charge in [0.1, 0.15) is 18.1 Å². The van der Waals surface area contributed by atoms with E-state index in [1.54, 1.807) is 44.4 Å². The molecule has 2 aromatic rings. The molecule has 0 N–H and O–H groups in total. The van der Waals surface area contributed by atoms with Crippen molar-refractivity contribution < 1.29 is 19.0 Å². The third-order valence-electron chi connectivity index (χ3n) is 3.12. The first-order valence-electron chi connectivity index (χ1n) is 7.09. The standard InChI is InChI=1S/C18H17NO4/c1-13(23-17-8-3-5-14(9-17)11-19)18(20)22-12-15-6-4-7-16(10-15)21-2/h3-10,13H,12H2,1-2H3. The molecule has 0 heterocycles. The maximum absolute atomic E-state index is 12.0. The summed E-state index contributed by atoms with van der Waals surface area (Å²) in [6.45, 7) is 1.74. The molecule has 1 unspecified atom stereocenters. The summed E-state index contributed by atoms with van der Waals surface area (Å²) >= 11 is 0. The highest BCUT2D eigenvalue weighted by Crippen LogP contribution is 2.16. The molecule has 5 nitrogen and oxygen atoms in total. The second-order valence-corrected chi connectivity index (χ2v) is 4.86. The number of benzene rings is 2. The Morgan fingerprint density at radius 3 is 2.65 bits per heavy atom. The molecule has 0 aliphatic rings. The summed E-state index contributed by atoms with van der Waals surface area (Å²) < 4.78 is 15.9. The van der Waals surface area contributed by atoms with Gasteiger partial charge in [-0.15, -0.1) is 0 Å². The first-order valence-corrected chi connectivity index (χ1v) is 7.09. The van der Waals surface area contributed by atoms with E-state index in [9.17, 15) is 4.79 Å². The van der Waals surface area contributed by atoms with Crippen molar-refractivity contribution in [2.24, 2.45) is 0 Å². The molecule has 0 aromatic heterocycles. The monoisotopic (exact) mass is 311 g/mol. The van der Waals surface area contributed by atoms with Gasteiger partial charge in [0.2, 0.25) is 0 Å². The van der Waals surface area contributed by atoms with Gasteiger partial charge in [0.15, 0.2) is 6.10 Å². The van der Waals surface area contributed by atoms with Crippen molar-refractivity contribution in [3.05, 3.63) is 59.7 Å². The number of carbonyl (C=O) groups excluding carboxylic acids is 1. The smallest absolute Gasteiger partial charge is 0.347 e. The second kappa shape index (κ2) is 7.85. The van der Waals surface area contributed by atoms with Gasteiger partial charge in [-0.2, -0.15) is 5.26 Å². The van der Waals surface area contributed by atoms with E-state index in [-0.39, 0.29) is 6.61 Å². The van der Waals surface area contributed by atoms with E-state index in [4.69, 9.17) is 19.5 Å². The molecular formula is C18H17NO4. The summed E-state index contributed by atoms with van der Waals surface area (Å²) in [6, 6.07) is 15.9. The van der Waals surface area contributed by atoms with E-state index in [0.717, 1.165) is 5.56 Å². The normalized spacial score (nSPS) is 11.2. The number of esters is 1. The van der Waals surface area contributed by atoms with Gasteiger partial charge >= 0.3 is 5.97 Å². The van der Waals surface area contributed by atoms with Crippen molar-refractivity contribution in [3.8, 4) is 17.6 Å². The van der Waals surface area contributed by atoms with Crippen LogP contribution < -0.4 is 9.47 Å². The third-order valence-corrected chi connectivity index (χ3v) is 3.12. The Kier molecular flexibility index (Phi) is 5.59. The third kappa shape index (κ3) is 4.75. The van der Waals surface area contributed by atoms with Crippen LogP contribution in [-0.4, -0.2) is 19.2 Å². The number of rotatable bonds is 6. The number of hydrogen-bond acceptors (Lipinski definition) is 5. The van der Waals surface area contributed by atoms with Gasteiger partial charge in [-0.3, -0.25) is 0 Å². The van der Waals surface area contributed by atoms with Crippen molar-refractivity contribution in [1.29, 1.82) is 5.26 Å². The first kappa shape index (κ1) is 16.4. The average Bonchev–Trinajstić information content (AvgIpc) is 2.59. The maximum atomic E-state index is 12.0. The zero-order chi connectivity index (χ0) is 16.7. The van der Waals surface area contributed by atoms with Crippen molar-refractivity contribution in [2.45, 2.75) is 19.6 Å². The lowest BCUT2D eigenvalue weighted by atomic mass is 10.2. The Morgan fingerprint density at radius 2 is 1.91 bits per heavy atom. The van der Waals surface area contributed by atoms with Crippen LogP contribution in [0.5, 0.6) is 11.5 Å². The fourth-order valence-electron chi connectivity index (χ4n) is 1.93. The largest absolute Gasteiger partial charge is 0.497 e. The van der Waals surface area contributed by atoms with Crippen molar-refractivity contribution in [1.82, 2.24) is 0 Å². The van der Waals surface area contributed by atoms with Crippen LogP contribution in [0.3, 0.4) is 0 Å². The molecule has 0 aliphatic carbocycles. The van der Waals surface area contributed by atoms with E-state index in [0.29, 0.717) is 17.1 Å². The summed E-state index contributed by atoms with van der Waals surface area (Å²) in [6.07, 6.45) is -0.769. The van der Waals surface area contributed by atoms with Crippen LogP contribution in [0.25, 0.3) is 0 Å². The van der Waals surface area contributed by atoms with Crippen LogP contribution in [0.4, 0.5) is 0 Å². The minimum Gasteiger partial charge on any atom is -0.497 e. The summed E-state index contributed by atoms with van der Waals surface area (Å²) in [5, 5.41) is 8.85. The fourth-order valence-corrected chi connectivity index (χ4v) is 1.93. The molecule has 118 valence electrons. The number of carbonyl (C=O) groups is 1. The van der Waals surface area contributed by atoms with Crippen LogP contribution in [0, 0.1) is 11.3 Å². The topological polar surface area (TPSA) is 68.6 Å². The fraction of sp³-hybridized carbons (Fsp3) is 0.222. The molecule has 23 heavy (non-hydrogen) atoms. The summed E-state index contributed by atoms with van der Waals surface area (Å²) in [5.74, 6) is 0.682. The van der Waals surface area contributed by atoms with Crippen molar-refractivity contribution in [2.75, 3.05) is 7.11 Å². The summed E-state index contributed by atoms with van der Waals surface area (Å²) in [7, 11) is 1.58. The average molecular weight is 311 g/mol. The van der Waals surface area contributed by atoms with E-state index >= 15 is 0 Å². The molecule has 0 fully saturated rings. The van der Waals surface area contributed by atoms with E-state index in [1.807, 2.05) is 24.3 Å². The van der Waals surface area contributed by atoms with E-state index in [2.05, 4.69) is 0 Å². The lowest BCUT2D eigenvalue weighted by molar-refractivity contribution is -0.152. The Bertz CT molecular complexity index is 721. The Morgan fingerprint density at radius 1 is 1.17 bits per heavy atom. The maximum Gasteiger partial charge on any atom is 0.347 e. The summed E-state index contributed by atoms with van der Waals surface area (Å²) in [4.78, 5) is 12.0. The molecule has 0 radical (unpaired) electrons. The highest BCUT2D eigenvalue weighted by atomic mass is 16.6. The van der Waals surface area contributed by atoms with Gasteiger partial charge in [-0.05, 0) is 42.8 Å². The van der Waals surface area contributed by atoms with Gasteiger partial charge in [0.05, 0.1) is 18.7 Å². The predicted octanol–water partition coefficient (Wildman–Crippen LogP) is 3.08. The lowest BCUT2D eigenvalue weighted by Gasteiger charge is -2.14. The zero-order valence-corrected chi connectivity index (χ0v) is 13.0. The van der Waals surface area contributed by atoms with Crippen LogP contribution in [0.2, 0.25) is 0 Å². The molecule has 0 saturated heterocycles. The molecule has 5 heteroatoms. The van der Waals surface area contributed by atoms with Gasteiger partial charge in [0.25, 0.3) is 0 Å². The Balaban J connectivity index is 1.90. The van der Waals surface area contributed by atoms with E-state index < -0.39 is 12.1 Å². The van der Waals surface area contributed by atoms with E-state index in [1.165, 1.54) is 0 Å². The predicted molar refractivity (Wildman–Crippen MR) is 84.0 cm³/mol. The van der Waals surface area contributed by atoms with Gasteiger partial charge in [-0.25, -0.2) is 4.79 Å². The molecule has 0 bridgehead atoms. The second-order valence-electron chi connectivity index (χ2n) is 4.86. The minimum absolute atomic E-state index is 0.141. The molecule has 2 rings (SSSR count). The van der Waals surface area contributed by atoms with Crippen LogP contribution in [0.1, 0.15) is 18.1 Å². The molecular weight excluding hydrogens is 294 g/mol. The number of methoxy groups -OCH3 is 1. The number of ether oxygens (including phenoxy) is 3. The molecule has 2 aromatic carbocycles. The number of nitrogens with zero attached hydrogens (tertiary/aromatic N) is 1. The molecule has 0 aliphatic heterocycles. The molecule has 0 spiro atoms. The molecule has 0 saturated carbocycles. The number of hydrogen-bond donors (Lipinski definition) is 0.